The van der Waals surface area contributed by atoms with E-state index in [0.29, 0.717) is 13.2 Å². The highest BCUT2D eigenvalue weighted by molar-refractivity contribution is 5.82. The fourth-order valence-corrected chi connectivity index (χ4v) is 3.13. The van der Waals surface area contributed by atoms with Crippen LogP contribution in [0.5, 0.6) is 11.5 Å². The minimum Gasteiger partial charge on any atom is -0.493 e. The molecule has 3 nitrogen and oxygen atoms in total. The molecule has 2 aromatic carbocycles. The Kier molecular flexibility index (Phi) is 4.16. The fourth-order valence-electron chi connectivity index (χ4n) is 3.13. The molecule has 4 rings (SSSR count). The minimum absolute atomic E-state index is 0.629. The molecule has 1 aliphatic rings. The summed E-state index contributed by atoms with van der Waals surface area (Å²) in [7, 11) is 0. The molecule has 0 spiro atoms. The molecule has 24 heavy (non-hydrogen) atoms. The Morgan fingerprint density at radius 1 is 0.917 bits per heavy atom. The minimum atomic E-state index is 0.629. The number of aryl methyl sites for hydroxylation is 1. The first-order chi connectivity index (χ1) is 11.8. The van der Waals surface area contributed by atoms with Gasteiger partial charge in [-0.3, -0.25) is 0 Å². The SMILES string of the molecule is Cc1coc2cc(OCCCOc3ccc4c(c3)C[CH]C4)ccc12. The Balaban J connectivity index is 1.25. The van der Waals surface area contributed by atoms with Crippen LogP contribution < -0.4 is 9.47 Å². The zero-order valence-corrected chi connectivity index (χ0v) is 13.9. The second-order valence-corrected chi connectivity index (χ2v) is 6.25. The maximum atomic E-state index is 5.83. The van der Waals surface area contributed by atoms with Gasteiger partial charge >= 0.3 is 0 Å². The number of furan rings is 1. The van der Waals surface area contributed by atoms with Crippen molar-refractivity contribution in [3.05, 3.63) is 65.8 Å². The van der Waals surface area contributed by atoms with E-state index in [1.54, 1.807) is 6.26 Å². The largest absolute Gasteiger partial charge is 0.493 e. The summed E-state index contributed by atoms with van der Waals surface area (Å²) < 4.78 is 17.1. The van der Waals surface area contributed by atoms with Gasteiger partial charge in [-0.25, -0.2) is 0 Å². The molecule has 0 aliphatic heterocycles. The van der Waals surface area contributed by atoms with Crippen molar-refractivity contribution in [1.82, 2.24) is 0 Å². The van der Waals surface area contributed by atoms with Crippen LogP contribution in [0.15, 0.2) is 47.1 Å². The highest BCUT2D eigenvalue weighted by atomic mass is 16.5. The van der Waals surface area contributed by atoms with Crippen LogP contribution in [0.2, 0.25) is 0 Å². The van der Waals surface area contributed by atoms with Crippen LogP contribution in [-0.2, 0) is 12.8 Å². The average molecular weight is 321 g/mol. The van der Waals surface area contributed by atoms with Crippen LogP contribution >= 0.6 is 0 Å². The van der Waals surface area contributed by atoms with E-state index in [4.69, 9.17) is 13.9 Å². The summed E-state index contributed by atoms with van der Waals surface area (Å²) in [5, 5.41) is 1.14. The van der Waals surface area contributed by atoms with Gasteiger partial charge in [-0.15, -0.1) is 0 Å². The van der Waals surface area contributed by atoms with Gasteiger partial charge < -0.3 is 13.9 Å². The van der Waals surface area contributed by atoms with Gasteiger partial charge in [0.15, 0.2) is 0 Å². The Hall–Kier alpha value is -2.42. The monoisotopic (exact) mass is 321 g/mol. The normalized spacial score (nSPS) is 13.2. The van der Waals surface area contributed by atoms with Gasteiger partial charge in [0.2, 0.25) is 0 Å². The van der Waals surface area contributed by atoms with Crippen LogP contribution in [0.25, 0.3) is 11.0 Å². The molecule has 3 aromatic rings. The van der Waals surface area contributed by atoms with Gasteiger partial charge in [0.05, 0.1) is 19.5 Å². The summed E-state index contributed by atoms with van der Waals surface area (Å²) >= 11 is 0. The molecule has 1 radical (unpaired) electrons. The summed E-state index contributed by atoms with van der Waals surface area (Å²) in [5.41, 5.74) is 4.84. The zero-order valence-electron chi connectivity index (χ0n) is 13.9. The fraction of sp³-hybridized carbons (Fsp3) is 0.286. The highest BCUT2D eigenvalue weighted by Crippen LogP contribution is 2.26. The third-order valence-corrected chi connectivity index (χ3v) is 4.47. The molecular weight excluding hydrogens is 300 g/mol. The lowest BCUT2D eigenvalue weighted by Gasteiger charge is -2.09. The lowest BCUT2D eigenvalue weighted by Crippen LogP contribution is -2.05. The van der Waals surface area contributed by atoms with Crippen molar-refractivity contribution in [2.24, 2.45) is 0 Å². The van der Waals surface area contributed by atoms with E-state index in [1.165, 1.54) is 11.1 Å². The number of benzene rings is 2. The van der Waals surface area contributed by atoms with Crippen molar-refractivity contribution >= 4 is 11.0 Å². The topological polar surface area (TPSA) is 31.6 Å². The number of hydrogen-bond donors (Lipinski definition) is 0. The summed E-state index contributed by atoms with van der Waals surface area (Å²) in [5.74, 6) is 1.79. The molecule has 0 atom stereocenters. The molecular formula is C21H21O3. The third-order valence-electron chi connectivity index (χ3n) is 4.47. The zero-order chi connectivity index (χ0) is 16.4. The van der Waals surface area contributed by atoms with Crippen molar-refractivity contribution < 1.29 is 13.9 Å². The average Bonchev–Trinajstić information content (AvgIpc) is 3.21. The van der Waals surface area contributed by atoms with E-state index in [-0.39, 0.29) is 0 Å². The van der Waals surface area contributed by atoms with Crippen LogP contribution in [-0.4, -0.2) is 13.2 Å². The van der Waals surface area contributed by atoms with E-state index in [9.17, 15) is 0 Å². The number of fused-ring (bicyclic) bond motifs is 2. The molecule has 0 bridgehead atoms. The van der Waals surface area contributed by atoms with E-state index in [1.807, 2.05) is 25.1 Å². The lowest BCUT2D eigenvalue weighted by molar-refractivity contribution is 0.247. The number of ether oxygens (including phenoxy) is 2. The molecule has 0 saturated heterocycles. The predicted molar refractivity (Wildman–Crippen MR) is 94.7 cm³/mol. The maximum absolute atomic E-state index is 5.83. The molecule has 0 fully saturated rings. The molecule has 1 heterocycles. The van der Waals surface area contributed by atoms with Gasteiger partial charge in [-0.05, 0) is 67.1 Å². The van der Waals surface area contributed by atoms with Crippen molar-refractivity contribution in [2.75, 3.05) is 13.2 Å². The van der Waals surface area contributed by atoms with E-state index in [0.717, 1.165) is 47.3 Å². The van der Waals surface area contributed by atoms with Crippen LogP contribution in [0.3, 0.4) is 0 Å². The van der Waals surface area contributed by atoms with Gasteiger partial charge in [-0.1, -0.05) is 6.07 Å². The first-order valence-corrected chi connectivity index (χ1v) is 8.46. The second-order valence-electron chi connectivity index (χ2n) is 6.25. The van der Waals surface area contributed by atoms with E-state index < -0.39 is 0 Å². The predicted octanol–water partition coefficient (Wildman–Crippen LogP) is 4.89. The number of hydrogen-bond acceptors (Lipinski definition) is 3. The van der Waals surface area contributed by atoms with Crippen LogP contribution in [0.1, 0.15) is 23.1 Å². The summed E-state index contributed by atoms with van der Waals surface area (Å²) in [4.78, 5) is 0. The summed E-state index contributed by atoms with van der Waals surface area (Å²) in [6, 6.07) is 12.4. The van der Waals surface area contributed by atoms with Gasteiger partial charge in [0, 0.05) is 17.9 Å². The number of rotatable bonds is 6. The summed E-state index contributed by atoms with van der Waals surface area (Å²) in [6.07, 6.45) is 7.07. The van der Waals surface area contributed by atoms with E-state index >= 15 is 0 Å². The summed E-state index contributed by atoms with van der Waals surface area (Å²) in [6.45, 7) is 3.33. The van der Waals surface area contributed by atoms with Gasteiger partial charge in [0.1, 0.15) is 17.1 Å². The smallest absolute Gasteiger partial charge is 0.137 e. The van der Waals surface area contributed by atoms with Crippen molar-refractivity contribution in [2.45, 2.75) is 26.2 Å². The third kappa shape index (κ3) is 3.12. The first kappa shape index (κ1) is 15.1. The molecule has 1 aromatic heterocycles. The lowest BCUT2D eigenvalue weighted by atomic mass is 10.1. The molecule has 0 N–H and O–H groups in total. The van der Waals surface area contributed by atoms with Crippen LogP contribution in [0, 0.1) is 13.3 Å². The molecule has 0 saturated carbocycles. The van der Waals surface area contributed by atoms with Crippen molar-refractivity contribution in [1.29, 1.82) is 0 Å². The quantitative estimate of drug-likeness (QED) is 0.606. The first-order valence-electron chi connectivity index (χ1n) is 8.46. The molecule has 0 unspecified atom stereocenters. The standard InChI is InChI=1S/C21H21O3/c1-15-14-24-21-13-19(8-9-20(15)21)23-11-3-10-22-18-7-6-16-4-2-5-17(16)12-18/h2,6-9,12-14H,3-5,10-11H2,1H3. The van der Waals surface area contributed by atoms with E-state index in [2.05, 4.69) is 24.6 Å². The van der Waals surface area contributed by atoms with Gasteiger partial charge in [0.25, 0.3) is 0 Å². The molecule has 3 heteroatoms. The van der Waals surface area contributed by atoms with Crippen molar-refractivity contribution in [3.63, 3.8) is 0 Å². The Bertz CT molecular complexity index is 847. The highest BCUT2D eigenvalue weighted by Gasteiger charge is 2.11. The van der Waals surface area contributed by atoms with Gasteiger partial charge in [-0.2, -0.15) is 0 Å². The molecule has 1 aliphatic carbocycles. The molecule has 123 valence electrons. The van der Waals surface area contributed by atoms with Crippen molar-refractivity contribution in [3.8, 4) is 11.5 Å². The van der Waals surface area contributed by atoms with Crippen LogP contribution in [0.4, 0.5) is 0 Å². The molecule has 0 amide bonds. The Labute approximate surface area is 142 Å². The second kappa shape index (κ2) is 6.60. The Morgan fingerprint density at radius 2 is 1.67 bits per heavy atom. The maximum Gasteiger partial charge on any atom is 0.137 e. The Morgan fingerprint density at radius 3 is 2.54 bits per heavy atom.